The van der Waals surface area contributed by atoms with Gasteiger partial charge in [-0.25, -0.2) is 0 Å². The summed E-state index contributed by atoms with van der Waals surface area (Å²) in [7, 11) is 0. The quantitative estimate of drug-likeness (QED) is 0.119. The number of carbonyl (C=O) groups excluding carboxylic acids is 2. The molecule has 0 radical (unpaired) electrons. The third-order valence-electron chi connectivity index (χ3n) is 5.79. The van der Waals surface area contributed by atoms with Gasteiger partial charge in [0, 0.05) is 12.8 Å². The third-order valence-corrected chi connectivity index (χ3v) is 5.79. The van der Waals surface area contributed by atoms with Crippen LogP contribution in [0.4, 0.5) is 0 Å². The summed E-state index contributed by atoms with van der Waals surface area (Å²) in [5.74, 6) is -4.25. The zero-order valence-corrected chi connectivity index (χ0v) is 19.4. The van der Waals surface area contributed by atoms with E-state index < -0.39 is 17.4 Å². The van der Waals surface area contributed by atoms with Gasteiger partial charge in [0.25, 0.3) is 5.79 Å². The second-order valence-corrected chi connectivity index (χ2v) is 8.68. The summed E-state index contributed by atoms with van der Waals surface area (Å²) in [6.45, 7) is 4.42. The minimum Gasteiger partial charge on any atom is -0.354 e. The molecule has 0 aromatic rings. The summed E-state index contributed by atoms with van der Waals surface area (Å²) < 4.78 is 0. The lowest BCUT2D eigenvalue weighted by Gasteiger charge is -2.18. The standard InChI is InChI=1S/C25H48O4/c1-3-5-7-9-11-13-15-17-19-21-23(26)25(28,29)24(27)22-20-18-16-14-12-10-8-6-4-2/h28-29H,3-22H2,1-2H3. The van der Waals surface area contributed by atoms with Crippen LogP contribution < -0.4 is 0 Å². The smallest absolute Gasteiger partial charge is 0.285 e. The molecule has 0 saturated carbocycles. The Morgan fingerprint density at radius 2 is 0.724 bits per heavy atom. The Morgan fingerprint density at radius 3 is 1.00 bits per heavy atom. The highest BCUT2D eigenvalue weighted by molar-refractivity contribution is 6.07. The van der Waals surface area contributed by atoms with Gasteiger partial charge >= 0.3 is 0 Å². The van der Waals surface area contributed by atoms with Crippen molar-refractivity contribution in [3.8, 4) is 0 Å². The van der Waals surface area contributed by atoms with E-state index in [4.69, 9.17) is 0 Å². The first-order valence-corrected chi connectivity index (χ1v) is 12.5. The largest absolute Gasteiger partial charge is 0.354 e. The van der Waals surface area contributed by atoms with Crippen molar-refractivity contribution in [1.82, 2.24) is 0 Å². The topological polar surface area (TPSA) is 74.6 Å². The van der Waals surface area contributed by atoms with Crippen LogP contribution >= 0.6 is 0 Å². The first-order valence-electron chi connectivity index (χ1n) is 12.5. The number of ketones is 2. The second-order valence-electron chi connectivity index (χ2n) is 8.68. The van der Waals surface area contributed by atoms with E-state index in [2.05, 4.69) is 13.8 Å². The predicted molar refractivity (Wildman–Crippen MR) is 121 cm³/mol. The average molecular weight is 413 g/mol. The molecule has 0 aliphatic carbocycles. The van der Waals surface area contributed by atoms with E-state index in [0.29, 0.717) is 12.8 Å². The van der Waals surface area contributed by atoms with Crippen molar-refractivity contribution in [2.45, 2.75) is 148 Å². The van der Waals surface area contributed by atoms with Crippen molar-refractivity contribution >= 4 is 11.6 Å². The molecule has 0 rings (SSSR count). The highest BCUT2D eigenvalue weighted by Gasteiger charge is 2.39. The highest BCUT2D eigenvalue weighted by Crippen LogP contribution is 2.17. The molecule has 0 spiro atoms. The van der Waals surface area contributed by atoms with Crippen LogP contribution in [0.15, 0.2) is 0 Å². The van der Waals surface area contributed by atoms with Gasteiger partial charge in [-0.15, -0.1) is 0 Å². The van der Waals surface area contributed by atoms with Crippen LogP contribution in [0.2, 0.25) is 0 Å². The number of aliphatic hydroxyl groups is 2. The summed E-state index contributed by atoms with van der Waals surface area (Å²) in [6.07, 6.45) is 20.4. The van der Waals surface area contributed by atoms with Crippen molar-refractivity contribution in [3.63, 3.8) is 0 Å². The van der Waals surface area contributed by atoms with Gasteiger partial charge < -0.3 is 10.2 Å². The van der Waals surface area contributed by atoms with E-state index in [1.807, 2.05) is 0 Å². The zero-order valence-electron chi connectivity index (χ0n) is 19.4. The van der Waals surface area contributed by atoms with Gasteiger partial charge in [0.05, 0.1) is 0 Å². The van der Waals surface area contributed by atoms with Gasteiger partial charge in [0.1, 0.15) is 0 Å². The fraction of sp³-hybridized carbons (Fsp3) is 0.920. The van der Waals surface area contributed by atoms with Crippen molar-refractivity contribution in [2.75, 3.05) is 0 Å². The van der Waals surface area contributed by atoms with Gasteiger partial charge in [-0.3, -0.25) is 9.59 Å². The van der Waals surface area contributed by atoms with Gasteiger partial charge in [-0.2, -0.15) is 0 Å². The number of Topliss-reactive ketones (excluding diaryl/α,β-unsaturated/α-hetero) is 2. The molecular weight excluding hydrogens is 364 g/mol. The first kappa shape index (κ1) is 28.3. The molecule has 0 fully saturated rings. The predicted octanol–water partition coefficient (Wildman–Crippen LogP) is 6.65. The number of unbranched alkanes of at least 4 members (excludes halogenated alkanes) is 16. The maximum absolute atomic E-state index is 12.1. The average Bonchev–Trinajstić information content (AvgIpc) is 2.70. The Labute approximate surface area is 179 Å². The maximum Gasteiger partial charge on any atom is 0.285 e. The van der Waals surface area contributed by atoms with Gasteiger partial charge in [-0.1, -0.05) is 117 Å². The van der Waals surface area contributed by atoms with Crippen molar-refractivity contribution in [2.24, 2.45) is 0 Å². The van der Waals surface area contributed by atoms with E-state index in [9.17, 15) is 19.8 Å². The van der Waals surface area contributed by atoms with E-state index in [1.54, 1.807) is 0 Å². The van der Waals surface area contributed by atoms with E-state index >= 15 is 0 Å². The fourth-order valence-corrected chi connectivity index (χ4v) is 3.70. The molecule has 0 aliphatic rings. The molecule has 0 aromatic heterocycles. The van der Waals surface area contributed by atoms with Crippen LogP contribution in [0.3, 0.4) is 0 Å². The molecule has 172 valence electrons. The summed E-state index contributed by atoms with van der Waals surface area (Å²) >= 11 is 0. The monoisotopic (exact) mass is 412 g/mol. The molecule has 0 aromatic carbocycles. The molecule has 4 nitrogen and oxygen atoms in total. The molecule has 2 N–H and O–H groups in total. The molecule has 0 unspecified atom stereocenters. The lowest BCUT2D eigenvalue weighted by molar-refractivity contribution is -0.189. The Kier molecular flexibility index (Phi) is 18.7. The van der Waals surface area contributed by atoms with Crippen LogP contribution in [0.25, 0.3) is 0 Å². The SMILES string of the molecule is CCCCCCCCCCCC(=O)C(O)(O)C(=O)CCCCCCCCCCC. The Hall–Kier alpha value is -0.740. The first-order chi connectivity index (χ1) is 14.0. The second kappa shape index (κ2) is 19.2. The maximum atomic E-state index is 12.1. The van der Waals surface area contributed by atoms with E-state index in [0.717, 1.165) is 25.7 Å². The normalized spacial score (nSPS) is 11.7. The number of carbonyl (C=O) groups is 2. The lowest BCUT2D eigenvalue weighted by Crippen LogP contribution is -2.46. The number of rotatable bonds is 22. The van der Waals surface area contributed by atoms with Crippen LogP contribution in [-0.2, 0) is 9.59 Å². The molecule has 0 aliphatic heterocycles. The van der Waals surface area contributed by atoms with Crippen LogP contribution in [0.5, 0.6) is 0 Å². The van der Waals surface area contributed by atoms with Crippen LogP contribution in [0.1, 0.15) is 142 Å². The Bertz CT molecular complexity index is 368. The van der Waals surface area contributed by atoms with Gasteiger partial charge in [-0.05, 0) is 12.8 Å². The minimum atomic E-state index is -2.78. The summed E-state index contributed by atoms with van der Waals surface area (Å²) in [4.78, 5) is 24.1. The summed E-state index contributed by atoms with van der Waals surface area (Å²) in [5, 5.41) is 19.9. The fourth-order valence-electron chi connectivity index (χ4n) is 3.70. The lowest BCUT2D eigenvalue weighted by atomic mass is 9.96. The molecule has 29 heavy (non-hydrogen) atoms. The Balaban J connectivity index is 3.73. The van der Waals surface area contributed by atoms with Gasteiger partial charge in [0.2, 0.25) is 0 Å². The molecule has 0 atom stereocenters. The van der Waals surface area contributed by atoms with E-state index in [1.165, 1.54) is 77.0 Å². The molecule has 0 heterocycles. The summed E-state index contributed by atoms with van der Waals surface area (Å²) in [6, 6.07) is 0. The molecule has 0 amide bonds. The zero-order chi connectivity index (χ0) is 21.8. The summed E-state index contributed by atoms with van der Waals surface area (Å²) in [5.41, 5.74) is 0. The number of hydrogen-bond acceptors (Lipinski definition) is 4. The van der Waals surface area contributed by atoms with Crippen molar-refractivity contribution in [3.05, 3.63) is 0 Å². The number of hydrogen-bond donors (Lipinski definition) is 2. The molecule has 4 heteroatoms. The minimum absolute atomic E-state index is 0.0757. The van der Waals surface area contributed by atoms with Crippen LogP contribution in [0, 0.1) is 0 Å². The van der Waals surface area contributed by atoms with Crippen molar-refractivity contribution < 1.29 is 19.8 Å². The van der Waals surface area contributed by atoms with Gasteiger partial charge in [0.15, 0.2) is 11.6 Å². The van der Waals surface area contributed by atoms with E-state index in [-0.39, 0.29) is 12.8 Å². The third kappa shape index (κ3) is 15.7. The van der Waals surface area contributed by atoms with Crippen molar-refractivity contribution in [1.29, 1.82) is 0 Å². The highest BCUT2D eigenvalue weighted by atomic mass is 16.5. The Morgan fingerprint density at radius 1 is 0.483 bits per heavy atom. The van der Waals surface area contributed by atoms with Crippen LogP contribution in [-0.4, -0.2) is 27.6 Å². The molecular formula is C25H48O4. The molecule has 0 bridgehead atoms. The molecule has 0 saturated heterocycles.